The second-order valence-corrected chi connectivity index (χ2v) is 7.42. The van der Waals surface area contributed by atoms with Crippen molar-refractivity contribution < 1.29 is 0 Å². The van der Waals surface area contributed by atoms with E-state index < -0.39 is 0 Å². The second-order valence-electron chi connectivity index (χ2n) is 5.00. The Hall–Kier alpha value is 0.370. The summed E-state index contributed by atoms with van der Waals surface area (Å²) in [7, 11) is 0. The summed E-state index contributed by atoms with van der Waals surface area (Å²) >= 11 is 3.89. The van der Waals surface area contributed by atoms with Gasteiger partial charge in [0, 0.05) is 22.1 Å². The van der Waals surface area contributed by atoms with Crippen LogP contribution >= 0.6 is 23.7 Å². The summed E-state index contributed by atoms with van der Waals surface area (Å²) in [6, 6.07) is 0. The van der Waals surface area contributed by atoms with E-state index >= 15 is 0 Å². The largest absolute Gasteiger partial charge is 0.228 e. The van der Waals surface area contributed by atoms with Gasteiger partial charge in [0.15, 0.2) is 0 Å². The first-order chi connectivity index (χ1) is 7.23. The van der Waals surface area contributed by atoms with E-state index in [1.807, 2.05) is 11.9 Å². The monoisotopic (exact) mass is 243 g/mol. The zero-order valence-corrected chi connectivity index (χ0v) is 11.4. The van der Waals surface area contributed by atoms with E-state index in [0.717, 1.165) is 11.2 Å². The number of thioether (sulfide) groups is 1. The van der Waals surface area contributed by atoms with Crippen LogP contribution in [0.5, 0.6) is 0 Å². The van der Waals surface area contributed by atoms with E-state index in [1.165, 1.54) is 38.5 Å². The van der Waals surface area contributed by atoms with Gasteiger partial charge in [0.25, 0.3) is 0 Å². The van der Waals surface area contributed by atoms with Gasteiger partial charge in [0.2, 0.25) is 0 Å². The van der Waals surface area contributed by atoms with E-state index in [0.29, 0.717) is 4.75 Å². The van der Waals surface area contributed by atoms with Crippen molar-refractivity contribution in [2.75, 3.05) is 6.26 Å². The normalized spacial score (nSPS) is 41.7. The van der Waals surface area contributed by atoms with E-state index in [2.05, 4.69) is 35.6 Å². The topological polar surface area (TPSA) is 12.4 Å². The van der Waals surface area contributed by atoms with E-state index in [9.17, 15) is 0 Å². The van der Waals surface area contributed by atoms with Crippen LogP contribution in [0.3, 0.4) is 0 Å². The number of hydrogen-bond acceptors (Lipinski definition) is 3. The minimum Gasteiger partial charge on any atom is -0.228 e. The minimum atomic E-state index is 0.526. The van der Waals surface area contributed by atoms with Crippen LogP contribution in [0, 0.1) is 5.92 Å². The van der Waals surface area contributed by atoms with Crippen LogP contribution in [0.2, 0.25) is 0 Å². The van der Waals surface area contributed by atoms with Gasteiger partial charge in [-0.3, -0.25) is 0 Å². The van der Waals surface area contributed by atoms with Gasteiger partial charge in [-0.1, -0.05) is 19.8 Å². The molecule has 2 rings (SSSR count). The first-order valence-corrected chi connectivity index (χ1v) is 8.04. The molecule has 86 valence electrons. The lowest BCUT2D eigenvalue weighted by atomic mass is 9.96. The predicted molar refractivity (Wildman–Crippen MR) is 73.0 cm³/mol. The van der Waals surface area contributed by atoms with Crippen LogP contribution < -0.4 is 0 Å². The van der Waals surface area contributed by atoms with Crippen molar-refractivity contribution >= 4 is 29.9 Å². The molecule has 0 aromatic heterocycles. The fraction of sp³-hybridized carbons (Fsp3) is 0.917. The van der Waals surface area contributed by atoms with Crippen molar-refractivity contribution in [3.05, 3.63) is 0 Å². The Morgan fingerprint density at radius 2 is 2.20 bits per heavy atom. The van der Waals surface area contributed by atoms with Crippen LogP contribution in [-0.2, 0) is 0 Å². The van der Waals surface area contributed by atoms with Crippen LogP contribution in [0.15, 0.2) is 4.40 Å². The average Bonchev–Trinajstić information content (AvgIpc) is 2.69. The van der Waals surface area contributed by atoms with E-state index in [-0.39, 0.29) is 0 Å². The maximum absolute atomic E-state index is 4.40. The quantitative estimate of drug-likeness (QED) is 0.641. The lowest BCUT2D eigenvalue weighted by molar-refractivity contribution is 0.512. The molecule has 3 heteroatoms. The maximum Gasteiger partial charge on any atom is 0.0345 e. The zero-order chi connectivity index (χ0) is 10.7. The molecule has 0 aromatic rings. The van der Waals surface area contributed by atoms with Gasteiger partial charge in [0.05, 0.1) is 0 Å². The van der Waals surface area contributed by atoms with Crippen LogP contribution in [-0.4, -0.2) is 22.5 Å². The van der Waals surface area contributed by atoms with Gasteiger partial charge in [-0.25, -0.2) is 4.40 Å². The molecule has 1 aliphatic heterocycles. The third-order valence-corrected chi connectivity index (χ3v) is 6.36. The smallest absolute Gasteiger partial charge is 0.0345 e. The molecule has 0 N–H and O–H groups in total. The Bertz CT molecular complexity index is 242. The highest BCUT2D eigenvalue weighted by atomic mass is 32.2. The average molecular weight is 243 g/mol. The molecule has 0 amide bonds. The fourth-order valence-electron chi connectivity index (χ4n) is 2.55. The molecular formula is C12H21NS2. The number of hydrogen-bond donors (Lipinski definition) is 0. The summed E-state index contributed by atoms with van der Waals surface area (Å²) in [4.78, 5) is 0. The van der Waals surface area contributed by atoms with Crippen molar-refractivity contribution in [3.8, 4) is 0 Å². The highest BCUT2D eigenvalue weighted by Gasteiger charge is 2.31. The summed E-state index contributed by atoms with van der Waals surface area (Å²) < 4.78 is 4.93. The van der Waals surface area contributed by atoms with Crippen LogP contribution in [0.25, 0.3) is 0 Å². The molecule has 0 radical (unpaired) electrons. The molecule has 0 aromatic carbocycles. The summed E-state index contributed by atoms with van der Waals surface area (Å²) in [6.45, 7) is 2.44. The molecule has 1 saturated carbocycles. The third-order valence-electron chi connectivity index (χ3n) is 3.87. The van der Waals surface area contributed by atoms with Crippen molar-refractivity contribution in [2.24, 2.45) is 10.3 Å². The molecule has 0 bridgehead atoms. The molecule has 3 atom stereocenters. The highest BCUT2D eigenvalue weighted by molar-refractivity contribution is 8.00. The summed E-state index contributed by atoms with van der Waals surface area (Å²) in [5.74, 6) is 0.777. The molecule has 0 saturated heterocycles. The lowest BCUT2D eigenvalue weighted by Gasteiger charge is -2.28. The Morgan fingerprint density at radius 3 is 3.00 bits per heavy atom. The molecule has 3 unspecified atom stereocenters. The van der Waals surface area contributed by atoms with Crippen LogP contribution in [0.4, 0.5) is 0 Å². The first kappa shape index (κ1) is 11.8. The van der Waals surface area contributed by atoms with Crippen LogP contribution in [0.1, 0.15) is 45.4 Å². The molecule has 1 heterocycles. The van der Waals surface area contributed by atoms with Crippen molar-refractivity contribution in [3.63, 3.8) is 0 Å². The van der Waals surface area contributed by atoms with Gasteiger partial charge in [-0.05, 0) is 43.9 Å². The molecule has 15 heavy (non-hydrogen) atoms. The number of fused-ring (bicyclic) bond motifs is 1. The molecule has 2 aliphatic rings. The van der Waals surface area contributed by atoms with Gasteiger partial charge >= 0.3 is 0 Å². The van der Waals surface area contributed by atoms with Gasteiger partial charge in [-0.2, -0.15) is 11.8 Å². The molecule has 1 nitrogen and oxygen atoms in total. The lowest BCUT2D eigenvalue weighted by Crippen LogP contribution is -2.22. The molecule has 1 aliphatic carbocycles. The highest BCUT2D eigenvalue weighted by Crippen LogP contribution is 2.41. The maximum atomic E-state index is 4.40. The Labute approximate surface area is 102 Å². The van der Waals surface area contributed by atoms with Gasteiger partial charge in [-0.15, -0.1) is 0 Å². The third kappa shape index (κ3) is 2.94. The number of rotatable bonds is 1. The molecule has 1 fully saturated rings. The van der Waals surface area contributed by atoms with E-state index in [1.54, 1.807) is 0 Å². The number of nitrogens with zero attached hydrogens (tertiary/aromatic N) is 1. The Balaban J connectivity index is 1.98. The standard InChI is InChI=1S/C12H21NS2/c1-12(14-2)7-4-3-5-10-9-13-15-11(10)6-8-12/h9-11H,3-8H2,1-2H3. The van der Waals surface area contributed by atoms with E-state index in [4.69, 9.17) is 0 Å². The first-order valence-electron chi connectivity index (χ1n) is 5.98. The summed E-state index contributed by atoms with van der Waals surface area (Å²) in [5, 5.41) is 0.787. The van der Waals surface area contributed by atoms with Crippen molar-refractivity contribution in [2.45, 2.75) is 55.4 Å². The van der Waals surface area contributed by atoms with Crippen molar-refractivity contribution in [1.82, 2.24) is 0 Å². The van der Waals surface area contributed by atoms with Crippen molar-refractivity contribution in [1.29, 1.82) is 0 Å². The van der Waals surface area contributed by atoms with Gasteiger partial charge in [0.1, 0.15) is 0 Å². The fourth-order valence-corrected chi connectivity index (χ4v) is 4.19. The second kappa shape index (κ2) is 5.13. The SMILES string of the molecule is CSC1(C)CCCCC2C=NSC2CC1. The van der Waals surface area contributed by atoms with Gasteiger partial charge < -0.3 is 0 Å². The zero-order valence-electron chi connectivity index (χ0n) is 9.74. The predicted octanol–water partition coefficient (Wildman–Crippen LogP) is 4.18. The Morgan fingerprint density at radius 1 is 1.33 bits per heavy atom. The Kier molecular flexibility index (Phi) is 4.05. The molecular weight excluding hydrogens is 222 g/mol. The molecule has 0 spiro atoms. The summed E-state index contributed by atoms with van der Waals surface area (Å²) in [5.41, 5.74) is 0. The summed E-state index contributed by atoms with van der Waals surface area (Å²) in [6.07, 6.45) is 12.8. The minimum absolute atomic E-state index is 0.526.